The second-order valence-corrected chi connectivity index (χ2v) is 6.64. The summed E-state index contributed by atoms with van der Waals surface area (Å²) in [5, 5.41) is 16.3. The highest BCUT2D eigenvalue weighted by atomic mass is 79.9. The van der Waals surface area contributed by atoms with Crippen molar-refractivity contribution in [3.63, 3.8) is 0 Å². The van der Waals surface area contributed by atoms with E-state index in [-0.39, 0.29) is 34.0 Å². The fourth-order valence-corrected chi connectivity index (χ4v) is 2.67. The maximum atomic E-state index is 13.5. The summed E-state index contributed by atoms with van der Waals surface area (Å²) in [5.74, 6) is -3.37. The van der Waals surface area contributed by atoms with E-state index in [9.17, 15) is 18.8 Å². The van der Waals surface area contributed by atoms with Crippen LogP contribution in [0, 0.1) is 5.82 Å². The molecule has 0 saturated carbocycles. The Hall–Kier alpha value is -3.55. The minimum atomic E-state index is -1.11. The molecule has 152 valence electrons. The van der Waals surface area contributed by atoms with Crippen LogP contribution in [0.5, 0.6) is 0 Å². The monoisotopic (exact) mass is 469 g/mol. The van der Waals surface area contributed by atoms with E-state index in [2.05, 4.69) is 42.0 Å². The molecule has 1 unspecified atom stereocenters. The number of benzene rings is 1. The Bertz CT molecular complexity index is 1120. The lowest BCUT2D eigenvalue weighted by Gasteiger charge is -2.13. The number of primary amides is 1. The Balaban J connectivity index is 1.88. The van der Waals surface area contributed by atoms with E-state index >= 15 is 0 Å². The first-order valence-corrected chi connectivity index (χ1v) is 8.78. The van der Waals surface area contributed by atoms with Crippen LogP contribution in [0.2, 0.25) is 0 Å². The van der Waals surface area contributed by atoms with Crippen LogP contribution in [0.4, 0.5) is 10.2 Å². The Morgan fingerprint density at radius 1 is 1.34 bits per heavy atom. The zero-order chi connectivity index (χ0) is 21.1. The number of carbonyl (C=O) groups excluding carboxylic acids is 2. The number of amides is 2. The molecule has 3 aromatic rings. The molecule has 0 aliphatic heterocycles. The molecule has 0 bridgehead atoms. The van der Waals surface area contributed by atoms with E-state index in [4.69, 9.17) is 14.9 Å². The van der Waals surface area contributed by atoms with Gasteiger partial charge in [-0.15, -0.1) is 0 Å². The highest BCUT2D eigenvalue weighted by molar-refractivity contribution is 9.10. The molecule has 14 heteroatoms. The summed E-state index contributed by atoms with van der Waals surface area (Å²) in [7, 11) is 0. The van der Waals surface area contributed by atoms with Gasteiger partial charge in [-0.1, -0.05) is 5.16 Å². The molecule has 12 nitrogen and oxygen atoms in total. The molecule has 2 amide bonds. The van der Waals surface area contributed by atoms with Crippen molar-refractivity contribution in [3.05, 3.63) is 39.0 Å². The van der Waals surface area contributed by atoms with Gasteiger partial charge in [0.1, 0.15) is 5.82 Å². The predicted molar refractivity (Wildman–Crippen MR) is 98.3 cm³/mol. The molecule has 2 aromatic heterocycles. The van der Waals surface area contributed by atoms with Crippen LogP contribution in [0.15, 0.2) is 36.6 Å². The van der Waals surface area contributed by atoms with Crippen LogP contribution in [0.3, 0.4) is 0 Å². The van der Waals surface area contributed by atoms with Crippen LogP contribution < -0.4 is 22.1 Å². The second kappa shape index (κ2) is 8.22. The molecule has 0 aliphatic rings. The van der Waals surface area contributed by atoms with Crippen LogP contribution in [0.25, 0.3) is 17.2 Å². The fourth-order valence-electron chi connectivity index (χ4n) is 2.30. The number of hydrogen-bond acceptors (Lipinski definition) is 9. The smallest absolute Gasteiger partial charge is 0.361 e. The number of anilines is 1. The molecular formula is C15H13BrFN7O5. The van der Waals surface area contributed by atoms with Gasteiger partial charge in [-0.25, -0.2) is 18.4 Å². The van der Waals surface area contributed by atoms with Crippen molar-refractivity contribution >= 4 is 33.6 Å². The van der Waals surface area contributed by atoms with Gasteiger partial charge >= 0.3 is 17.6 Å². The van der Waals surface area contributed by atoms with Gasteiger partial charge in [0.15, 0.2) is 5.69 Å². The number of halogens is 2. The van der Waals surface area contributed by atoms with E-state index in [1.807, 2.05) is 0 Å². The van der Waals surface area contributed by atoms with Crippen molar-refractivity contribution in [1.29, 1.82) is 0 Å². The number of nitrogens with two attached hydrogens (primary N) is 1. The molecule has 0 aliphatic carbocycles. The predicted octanol–water partition coefficient (Wildman–Crippen LogP) is 0.179. The first-order chi connectivity index (χ1) is 13.8. The van der Waals surface area contributed by atoms with E-state index < -0.39 is 29.4 Å². The average molecular weight is 470 g/mol. The van der Waals surface area contributed by atoms with Crippen LogP contribution in [-0.4, -0.2) is 44.4 Å². The normalized spacial score (nSPS) is 11.8. The Labute approximate surface area is 169 Å². The van der Waals surface area contributed by atoms with Crippen LogP contribution >= 0.6 is 15.9 Å². The summed E-state index contributed by atoms with van der Waals surface area (Å²) in [4.78, 5) is 34.1. The fraction of sp³-hybridized carbons (Fsp3) is 0.200. The van der Waals surface area contributed by atoms with Crippen LogP contribution in [-0.2, 0) is 9.59 Å². The van der Waals surface area contributed by atoms with E-state index in [0.29, 0.717) is 0 Å². The third-order valence-corrected chi connectivity index (χ3v) is 4.25. The summed E-state index contributed by atoms with van der Waals surface area (Å²) in [6, 6.07) is 3.44. The lowest BCUT2D eigenvalue weighted by Crippen LogP contribution is -2.41. The highest BCUT2D eigenvalue weighted by Crippen LogP contribution is 2.26. The summed E-state index contributed by atoms with van der Waals surface area (Å²) in [6.07, 6.45) is 0. The van der Waals surface area contributed by atoms with Crippen molar-refractivity contribution in [2.75, 3.05) is 11.9 Å². The zero-order valence-corrected chi connectivity index (χ0v) is 16.3. The molecule has 3 rings (SSSR count). The SMILES string of the molecule is CC(CNC(=O)C(N)=O)Nc1nonc1-c1noc(=O)n1-c1ccc(F)c(Br)c1. The maximum absolute atomic E-state index is 13.5. The first kappa shape index (κ1) is 20.2. The molecule has 0 radical (unpaired) electrons. The van der Waals surface area contributed by atoms with Crippen molar-refractivity contribution in [1.82, 2.24) is 25.4 Å². The number of hydrogen-bond donors (Lipinski definition) is 3. The van der Waals surface area contributed by atoms with E-state index in [0.717, 1.165) is 10.6 Å². The third kappa shape index (κ3) is 4.31. The van der Waals surface area contributed by atoms with Gasteiger partial charge < -0.3 is 16.4 Å². The highest BCUT2D eigenvalue weighted by Gasteiger charge is 2.24. The zero-order valence-electron chi connectivity index (χ0n) is 14.7. The van der Waals surface area contributed by atoms with Gasteiger partial charge in [0, 0.05) is 12.6 Å². The molecule has 1 aromatic carbocycles. The summed E-state index contributed by atoms with van der Waals surface area (Å²) in [6.45, 7) is 1.71. The standard InChI is InChI=1S/C15H13BrFN7O5/c1-6(5-19-14(26)11(18)25)20-12-10(21-29-22-12)13-23-28-15(27)24(13)7-2-3-9(17)8(16)4-7/h2-4,6H,5H2,1H3,(H2,18,25)(H,19,26)(H,20,22). The quantitative estimate of drug-likeness (QED) is 0.425. The number of aromatic nitrogens is 4. The van der Waals surface area contributed by atoms with E-state index in [1.54, 1.807) is 6.92 Å². The van der Waals surface area contributed by atoms with Gasteiger partial charge in [0.2, 0.25) is 11.6 Å². The van der Waals surface area contributed by atoms with E-state index in [1.165, 1.54) is 12.1 Å². The molecule has 0 fully saturated rings. The van der Waals surface area contributed by atoms with Crippen molar-refractivity contribution in [2.45, 2.75) is 13.0 Å². The maximum Gasteiger partial charge on any atom is 0.446 e. The van der Waals surface area contributed by atoms with Gasteiger partial charge in [0.25, 0.3) is 0 Å². The third-order valence-electron chi connectivity index (χ3n) is 3.64. The summed E-state index contributed by atoms with van der Waals surface area (Å²) < 4.78 is 24.1. The van der Waals surface area contributed by atoms with Gasteiger partial charge in [-0.2, -0.15) is 0 Å². The number of carbonyl (C=O) groups is 2. The molecule has 2 heterocycles. The van der Waals surface area contributed by atoms with Crippen LogP contribution in [0.1, 0.15) is 6.92 Å². The van der Waals surface area contributed by atoms with Gasteiger partial charge in [0.05, 0.1) is 10.2 Å². The topological polar surface area (TPSA) is 171 Å². The summed E-state index contributed by atoms with van der Waals surface area (Å²) in [5.41, 5.74) is 5.16. The lowest BCUT2D eigenvalue weighted by molar-refractivity contribution is -0.137. The minimum absolute atomic E-state index is 0.0318. The Morgan fingerprint density at radius 3 is 2.79 bits per heavy atom. The van der Waals surface area contributed by atoms with Gasteiger partial charge in [-0.3, -0.25) is 14.1 Å². The molecule has 1 atom stereocenters. The Kier molecular flexibility index (Phi) is 5.72. The molecule has 29 heavy (non-hydrogen) atoms. The molecule has 0 saturated heterocycles. The molecule has 4 N–H and O–H groups in total. The summed E-state index contributed by atoms with van der Waals surface area (Å²) >= 11 is 3.05. The number of nitrogens with zero attached hydrogens (tertiary/aromatic N) is 4. The van der Waals surface area contributed by atoms with Gasteiger partial charge in [-0.05, 0) is 51.4 Å². The second-order valence-electron chi connectivity index (χ2n) is 5.79. The molecule has 0 spiro atoms. The largest absolute Gasteiger partial charge is 0.446 e. The first-order valence-electron chi connectivity index (χ1n) is 7.99. The number of rotatable bonds is 6. The molecular weight excluding hydrogens is 457 g/mol. The number of nitrogens with one attached hydrogen (secondary N) is 2. The average Bonchev–Trinajstić information content (AvgIpc) is 3.28. The van der Waals surface area contributed by atoms with Crippen molar-refractivity contribution in [2.24, 2.45) is 5.73 Å². The van der Waals surface area contributed by atoms with Crippen molar-refractivity contribution in [3.8, 4) is 17.2 Å². The Morgan fingerprint density at radius 2 is 2.10 bits per heavy atom. The van der Waals surface area contributed by atoms with Crippen molar-refractivity contribution < 1.29 is 23.1 Å². The minimum Gasteiger partial charge on any atom is -0.361 e. The lowest BCUT2D eigenvalue weighted by atomic mass is 10.2.